The highest BCUT2D eigenvalue weighted by molar-refractivity contribution is 5.41. The van der Waals surface area contributed by atoms with Crippen LogP contribution in [0, 0.1) is 55.6 Å². The minimum absolute atomic E-state index is 0.849. The summed E-state index contributed by atoms with van der Waals surface area (Å²) in [7, 11) is 3.47. The molecule has 4 aromatic rings. The maximum absolute atomic E-state index is 5.87. The molecule has 4 aromatic carbocycles. The monoisotopic (exact) mass is 392 g/mol. The molecule has 0 spiro atoms. The third-order valence-corrected chi connectivity index (χ3v) is 5.96. The summed E-state index contributed by atoms with van der Waals surface area (Å²) >= 11 is 0. The Morgan fingerprint density at radius 1 is 0.467 bits per heavy atom. The van der Waals surface area contributed by atoms with E-state index in [1.807, 2.05) is 12.1 Å². The molecular formula is C28H24O2. The molecule has 1 aliphatic carbocycles. The quantitative estimate of drug-likeness (QED) is 0.379. The second kappa shape index (κ2) is 7.07. The van der Waals surface area contributed by atoms with Crippen molar-refractivity contribution in [2.24, 2.45) is 0 Å². The van der Waals surface area contributed by atoms with Gasteiger partial charge in [-0.25, -0.2) is 0 Å². The Morgan fingerprint density at radius 3 is 1.30 bits per heavy atom. The van der Waals surface area contributed by atoms with Gasteiger partial charge in [0.15, 0.2) is 0 Å². The highest BCUT2D eigenvalue weighted by Crippen LogP contribution is 2.24. The smallest absolute Gasteiger partial charge is 0.127 e. The number of ether oxygens (including phenoxy) is 2. The lowest BCUT2D eigenvalue weighted by atomic mass is 9.99. The molecule has 1 aliphatic rings. The number of aryl methyl sites for hydroxylation is 2. The van der Waals surface area contributed by atoms with Crippen LogP contribution in [0.4, 0.5) is 0 Å². The molecule has 0 N–H and O–H groups in total. The molecule has 0 saturated carbocycles. The van der Waals surface area contributed by atoms with Gasteiger partial charge >= 0.3 is 0 Å². The Bertz CT molecular complexity index is 1560. The van der Waals surface area contributed by atoms with E-state index >= 15 is 0 Å². The first-order valence-electron chi connectivity index (χ1n) is 10.2. The lowest BCUT2D eigenvalue weighted by Gasteiger charge is -2.09. The Kier molecular flexibility index (Phi) is 4.36. The number of methoxy groups -OCH3 is 2. The molecule has 2 heteroatoms. The summed E-state index contributed by atoms with van der Waals surface area (Å²) in [6.07, 6.45) is 0. The molecule has 0 aliphatic heterocycles. The van der Waals surface area contributed by atoms with Crippen LogP contribution < -0.4 is 9.47 Å². The molecule has 0 saturated heterocycles. The summed E-state index contributed by atoms with van der Waals surface area (Å²) in [6, 6.07) is 26.0. The summed E-state index contributed by atoms with van der Waals surface area (Å²) in [6.45, 7) is 4.28. The minimum atomic E-state index is 0.849. The highest BCUT2D eigenvalue weighted by Gasteiger charge is 2.08. The van der Waals surface area contributed by atoms with Gasteiger partial charge in [0.2, 0.25) is 0 Å². The normalized spacial score (nSPS) is 16.1. The summed E-state index contributed by atoms with van der Waals surface area (Å²) < 4.78 is 11.7. The van der Waals surface area contributed by atoms with Crippen molar-refractivity contribution in [3.8, 4) is 11.5 Å². The molecule has 148 valence electrons. The zero-order valence-corrected chi connectivity index (χ0v) is 17.7. The lowest BCUT2D eigenvalue weighted by molar-refractivity contribution is 0.404. The van der Waals surface area contributed by atoms with E-state index in [9.17, 15) is 0 Å². The van der Waals surface area contributed by atoms with Gasteiger partial charge in [-0.1, -0.05) is 71.8 Å². The topological polar surface area (TPSA) is 18.5 Å². The van der Waals surface area contributed by atoms with Gasteiger partial charge < -0.3 is 9.47 Å². The van der Waals surface area contributed by atoms with Crippen molar-refractivity contribution in [3.05, 3.63) is 126 Å². The van der Waals surface area contributed by atoms with Crippen molar-refractivity contribution in [2.45, 2.75) is 13.8 Å². The molecule has 30 heavy (non-hydrogen) atoms. The van der Waals surface area contributed by atoms with Crippen LogP contribution in [0.2, 0.25) is 0 Å². The van der Waals surface area contributed by atoms with E-state index in [0.717, 1.165) is 32.4 Å². The van der Waals surface area contributed by atoms with Gasteiger partial charge in [0.1, 0.15) is 11.5 Å². The number of fused-ring (bicyclic) bond motifs is 4. The largest absolute Gasteiger partial charge is 0.496 e. The Morgan fingerprint density at radius 2 is 0.900 bits per heavy atom. The van der Waals surface area contributed by atoms with Crippen LogP contribution in [-0.2, 0) is 0 Å². The molecule has 0 atom stereocenters. The van der Waals surface area contributed by atoms with Crippen molar-refractivity contribution >= 4 is 0 Å². The van der Waals surface area contributed by atoms with Crippen LogP contribution >= 0.6 is 0 Å². The van der Waals surface area contributed by atoms with Crippen LogP contribution in [0.5, 0.6) is 11.5 Å². The third kappa shape index (κ3) is 2.72. The van der Waals surface area contributed by atoms with Crippen LogP contribution in [-0.4, -0.2) is 14.2 Å². The second-order valence-corrected chi connectivity index (χ2v) is 7.86. The standard InChI is InChI=1S/C28H24O2/c1-17-11-13-19-20-14-12-18(2)16-24(20)22-8-6-10-26(30-4)28(22)27-21(23(19)15-17)7-5-9-25(27)29-3/h5-16H,1-4H3/b20-19-,23-21-,24-22-,28-27-. The van der Waals surface area contributed by atoms with Crippen LogP contribution in [0.3, 0.4) is 0 Å². The average Bonchev–Trinajstić information content (AvgIpc) is 2.77. The van der Waals surface area contributed by atoms with Gasteiger partial charge in [0.05, 0.1) is 14.2 Å². The van der Waals surface area contributed by atoms with Gasteiger partial charge in [0, 0.05) is 10.4 Å². The van der Waals surface area contributed by atoms with Crippen LogP contribution in [0.25, 0.3) is 0 Å². The molecule has 0 aromatic heterocycles. The van der Waals surface area contributed by atoms with Crippen LogP contribution in [0.15, 0.2) is 72.8 Å². The van der Waals surface area contributed by atoms with Crippen molar-refractivity contribution in [2.75, 3.05) is 14.2 Å². The fourth-order valence-corrected chi connectivity index (χ4v) is 4.60. The number of rotatable bonds is 2. The third-order valence-electron chi connectivity index (χ3n) is 5.96. The second-order valence-electron chi connectivity index (χ2n) is 7.86. The Labute approximate surface area is 175 Å². The van der Waals surface area contributed by atoms with E-state index in [1.54, 1.807) is 14.2 Å². The zero-order valence-electron chi connectivity index (χ0n) is 17.7. The molecular weight excluding hydrogens is 368 g/mol. The first-order chi connectivity index (χ1) is 14.6. The Hall–Kier alpha value is -3.52. The van der Waals surface area contributed by atoms with E-state index in [4.69, 9.17) is 9.47 Å². The summed E-state index contributed by atoms with van der Waals surface area (Å²) in [5, 5.41) is 9.36. The van der Waals surface area contributed by atoms with E-state index in [2.05, 4.69) is 74.5 Å². The average molecular weight is 392 g/mol. The van der Waals surface area contributed by atoms with Gasteiger partial charge in [-0.15, -0.1) is 0 Å². The molecule has 5 rings (SSSR count). The van der Waals surface area contributed by atoms with E-state index < -0.39 is 0 Å². The fourth-order valence-electron chi connectivity index (χ4n) is 4.60. The SMILES string of the molecule is COc1cccc2/c1=c1/c(OC)ccc/c1=c1\cc(C)cc\c1=c1/ccc(C)c/c1=2. The molecule has 0 heterocycles. The number of benzene rings is 4. The summed E-state index contributed by atoms with van der Waals surface area (Å²) in [5.74, 6) is 1.70. The molecule has 0 fully saturated rings. The predicted octanol–water partition coefficient (Wildman–Crippen LogP) is 5.78. The van der Waals surface area contributed by atoms with Gasteiger partial charge in [-0.2, -0.15) is 0 Å². The van der Waals surface area contributed by atoms with E-state index in [-0.39, 0.29) is 0 Å². The van der Waals surface area contributed by atoms with Crippen molar-refractivity contribution < 1.29 is 9.47 Å². The first kappa shape index (κ1) is 18.5. The summed E-state index contributed by atoms with van der Waals surface area (Å²) in [5.41, 5.74) is 2.47. The number of hydrogen-bond donors (Lipinski definition) is 0. The van der Waals surface area contributed by atoms with E-state index in [0.29, 0.717) is 0 Å². The molecule has 0 unspecified atom stereocenters. The fraction of sp³-hybridized carbons (Fsp3) is 0.143. The first-order valence-corrected chi connectivity index (χ1v) is 10.2. The van der Waals surface area contributed by atoms with Crippen LogP contribution in [0.1, 0.15) is 11.1 Å². The summed E-state index contributed by atoms with van der Waals surface area (Å²) in [4.78, 5) is 0. The van der Waals surface area contributed by atoms with Crippen molar-refractivity contribution in [1.82, 2.24) is 0 Å². The van der Waals surface area contributed by atoms with Crippen molar-refractivity contribution in [1.29, 1.82) is 0 Å². The van der Waals surface area contributed by atoms with E-state index in [1.165, 1.54) is 32.0 Å². The minimum Gasteiger partial charge on any atom is -0.496 e. The molecule has 0 bridgehead atoms. The lowest BCUT2D eigenvalue weighted by Crippen LogP contribution is -1.96. The Balaban J connectivity index is 2.45. The maximum atomic E-state index is 5.87. The van der Waals surface area contributed by atoms with Gasteiger partial charge in [-0.3, -0.25) is 0 Å². The molecule has 0 radical (unpaired) electrons. The predicted molar refractivity (Wildman–Crippen MR) is 119 cm³/mol. The van der Waals surface area contributed by atoms with Gasteiger partial charge in [0.25, 0.3) is 0 Å². The molecule has 2 nitrogen and oxygen atoms in total. The van der Waals surface area contributed by atoms with Crippen molar-refractivity contribution in [3.63, 3.8) is 0 Å². The highest BCUT2D eigenvalue weighted by atomic mass is 16.5. The van der Waals surface area contributed by atoms with Gasteiger partial charge in [-0.05, 0) is 57.3 Å². The molecule has 0 amide bonds. The zero-order chi connectivity index (χ0) is 20.8. The maximum Gasteiger partial charge on any atom is 0.127 e. The number of hydrogen-bond acceptors (Lipinski definition) is 2.